The van der Waals surface area contributed by atoms with Gasteiger partial charge in [0.2, 0.25) is 5.88 Å². The molecule has 0 saturated carbocycles. The van der Waals surface area contributed by atoms with Gasteiger partial charge in [0.25, 0.3) is 5.56 Å². The van der Waals surface area contributed by atoms with E-state index in [4.69, 9.17) is 21.4 Å². The third-order valence-corrected chi connectivity index (χ3v) is 2.49. The number of carbonyl (C=O) groups is 1. The molecule has 8 heteroatoms. The number of aromatic nitrogens is 2. The predicted octanol–water partition coefficient (Wildman–Crippen LogP) is 2.05. The Morgan fingerprint density at radius 3 is 2.89 bits per heavy atom. The molecule has 2 rings (SSSR count). The van der Waals surface area contributed by atoms with Gasteiger partial charge in [0.1, 0.15) is 17.1 Å². The van der Waals surface area contributed by atoms with Crippen molar-refractivity contribution in [2.24, 2.45) is 0 Å². The van der Waals surface area contributed by atoms with Crippen LogP contribution in [-0.2, 0) is 0 Å². The van der Waals surface area contributed by atoms with E-state index in [-0.39, 0.29) is 16.7 Å². The van der Waals surface area contributed by atoms with E-state index in [1.807, 2.05) is 0 Å². The van der Waals surface area contributed by atoms with E-state index in [0.717, 1.165) is 12.4 Å². The van der Waals surface area contributed by atoms with Gasteiger partial charge in [0.15, 0.2) is 5.02 Å². The van der Waals surface area contributed by atoms with Crippen molar-refractivity contribution in [1.29, 1.82) is 0 Å². The number of H-pyrrole nitrogens is 1. The van der Waals surface area contributed by atoms with Crippen LogP contribution in [0.25, 0.3) is 0 Å². The molecule has 0 fully saturated rings. The van der Waals surface area contributed by atoms with Gasteiger partial charge in [0, 0.05) is 0 Å². The summed E-state index contributed by atoms with van der Waals surface area (Å²) >= 11 is 5.64. The van der Waals surface area contributed by atoms with Crippen molar-refractivity contribution in [2.45, 2.75) is 0 Å². The minimum Gasteiger partial charge on any atom is -0.477 e. The third-order valence-electron chi connectivity index (χ3n) is 2.16. The first-order valence-electron chi connectivity index (χ1n) is 4.93. The summed E-state index contributed by atoms with van der Waals surface area (Å²) in [4.78, 5) is 28.0. The fraction of sp³-hybridized carbons (Fsp3) is 0. The Morgan fingerprint density at radius 2 is 2.21 bits per heavy atom. The first-order valence-corrected chi connectivity index (χ1v) is 5.31. The molecule has 0 aliphatic rings. The fourth-order valence-electron chi connectivity index (χ4n) is 1.34. The maximum absolute atomic E-state index is 13.4. The summed E-state index contributed by atoms with van der Waals surface area (Å²) < 4.78 is 18.5. The molecule has 98 valence electrons. The molecule has 0 amide bonds. The van der Waals surface area contributed by atoms with Crippen molar-refractivity contribution < 1.29 is 19.0 Å². The van der Waals surface area contributed by atoms with Crippen LogP contribution >= 0.6 is 11.6 Å². The van der Waals surface area contributed by atoms with Gasteiger partial charge in [-0.2, -0.15) is 0 Å². The molecule has 0 saturated heterocycles. The van der Waals surface area contributed by atoms with Gasteiger partial charge < -0.3 is 14.8 Å². The van der Waals surface area contributed by atoms with E-state index >= 15 is 0 Å². The highest BCUT2D eigenvalue weighted by molar-refractivity contribution is 6.31. The molecule has 1 aromatic carbocycles. The lowest BCUT2D eigenvalue weighted by molar-refractivity contribution is 0.0689. The Kier molecular flexibility index (Phi) is 3.48. The fourth-order valence-corrected chi connectivity index (χ4v) is 1.48. The summed E-state index contributed by atoms with van der Waals surface area (Å²) in [5, 5.41) is 8.55. The molecule has 2 aromatic rings. The molecule has 0 aliphatic heterocycles. The van der Waals surface area contributed by atoms with Crippen molar-refractivity contribution in [3.8, 4) is 11.6 Å². The molecule has 1 aromatic heterocycles. The smallest absolute Gasteiger partial charge is 0.342 e. The second-order valence-electron chi connectivity index (χ2n) is 3.37. The van der Waals surface area contributed by atoms with Crippen LogP contribution in [0, 0.1) is 5.82 Å². The summed E-state index contributed by atoms with van der Waals surface area (Å²) in [6, 6.07) is 3.47. The van der Waals surface area contributed by atoms with E-state index in [2.05, 4.69) is 9.97 Å². The van der Waals surface area contributed by atoms with Gasteiger partial charge >= 0.3 is 5.97 Å². The summed E-state index contributed by atoms with van der Waals surface area (Å²) in [7, 11) is 0. The van der Waals surface area contributed by atoms with Crippen molar-refractivity contribution in [1.82, 2.24) is 9.97 Å². The van der Waals surface area contributed by atoms with Crippen molar-refractivity contribution in [3.05, 3.63) is 51.3 Å². The summed E-state index contributed by atoms with van der Waals surface area (Å²) in [6.45, 7) is 0. The molecule has 0 unspecified atom stereocenters. The lowest BCUT2D eigenvalue weighted by atomic mass is 10.2. The molecule has 19 heavy (non-hydrogen) atoms. The maximum atomic E-state index is 13.4. The number of nitrogens with one attached hydrogen (secondary N) is 1. The molecular formula is C11H6ClFN2O4. The molecule has 2 N–H and O–H groups in total. The zero-order valence-electron chi connectivity index (χ0n) is 9.18. The van der Waals surface area contributed by atoms with Crippen LogP contribution in [0.3, 0.4) is 0 Å². The Hall–Kier alpha value is -2.41. The van der Waals surface area contributed by atoms with Crippen LogP contribution in [-0.4, -0.2) is 21.0 Å². The number of carboxylic acid groups (broad SMARTS) is 1. The van der Waals surface area contributed by atoms with E-state index in [1.54, 1.807) is 0 Å². The van der Waals surface area contributed by atoms with Crippen LogP contribution in [0.2, 0.25) is 5.02 Å². The SMILES string of the molecule is O=C(O)c1c(F)cccc1Oc1nc[nH]c(=O)c1Cl. The van der Waals surface area contributed by atoms with E-state index in [0.29, 0.717) is 0 Å². The minimum absolute atomic E-state index is 0.299. The number of rotatable bonds is 3. The second-order valence-corrected chi connectivity index (χ2v) is 3.75. The van der Waals surface area contributed by atoms with Crippen LogP contribution in [0.5, 0.6) is 11.6 Å². The highest BCUT2D eigenvalue weighted by Gasteiger charge is 2.19. The number of nitrogens with zero attached hydrogens (tertiary/aromatic N) is 1. The van der Waals surface area contributed by atoms with Crippen LogP contribution in [0.15, 0.2) is 29.3 Å². The molecule has 0 spiro atoms. The highest BCUT2D eigenvalue weighted by atomic mass is 35.5. The summed E-state index contributed by atoms with van der Waals surface area (Å²) in [5.41, 5.74) is -1.32. The number of carboxylic acids is 1. The molecule has 0 radical (unpaired) electrons. The van der Waals surface area contributed by atoms with Gasteiger partial charge in [-0.15, -0.1) is 0 Å². The highest BCUT2D eigenvalue weighted by Crippen LogP contribution is 2.28. The van der Waals surface area contributed by atoms with Crippen molar-refractivity contribution in [2.75, 3.05) is 0 Å². The first kappa shape index (κ1) is 13.0. The topological polar surface area (TPSA) is 92.3 Å². The number of hydrogen-bond donors (Lipinski definition) is 2. The maximum Gasteiger partial charge on any atom is 0.342 e. The molecule has 0 atom stereocenters. The Morgan fingerprint density at radius 1 is 1.47 bits per heavy atom. The molecule has 6 nitrogen and oxygen atoms in total. The molecule has 0 aliphatic carbocycles. The summed E-state index contributed by atoms with van der Waals surface area (Å²) in [6.07, 6.45) is 1.03. The average Bonchev–Trinajstić information content (AvgIpc) is 2.34. The van der Waals surface area contributed by atoms with Crippen LogP contribution in [0.1, 0.15) is 10.4 Å². The van der Waals surface area contributed by atoms with Crippen molar-refractivity contribution in [3.63, 3.8) is 0 Å². The van der Waals surface area contributed by atoms with Gasteiger partial charge in [-0.3, -0.25) is 4.79 Å². The average molecular weight is 285 g/mol. The predicted molar refractivity (Wildman–Crippen MR) is 63.3 cm³/mol. The lowest BCUT2D eigenvalue weighted by Crippen LogP contribution is -2.09. The largest absolute Gasteiger partial charge is 0.477 e. The number of aromatic carboxylic acids is 1. The number of aromatic amines is 1. The zero-order valence-corrected chi connectivity index (χ0v) is 9.94. The minimum atomic E-state index is -1.51. The number of ether oxygens (including phenoxy) is 1. The van der Waals surface area contributed by atoms with Crippen LogP contribution < -0.4 is 10.3 Å². The lowest BCUT2D eigenvalue weighted by Gasteiger charge is -2.08. The standard InChI is InChI=1S/C11H6ClFN2O4/c12-8-9(16)14-4-15-10(8)19-6-3-1-2-5(13)7(6)11(17)18/h1-4H,(H,17,18)(H,14,15,16). The van der Waals surface area contributed by atoms with E-state index < -0.39 is 22.9 Å². The number of benzene rings is 1. The van der Waals surface area contributed by atoms with Gasteiger partial charge in [-0.25, -0.2) is 14.2 Å². The molecule has 1 heterocycles. The normalized spacial score (nSPS) is 10.2. The zero-order chi connectivity index (χ0) is 14.0. The number of halogens is 2. The Bertz CT molecular complexity index is 701. The van der Waals surface area contributed by atoms with Gasteiger partial charge in [-0.05, 0) is 12.1 Å². The van der Waals surface area contributed by atoms with E-state index in [9.17, 15) is 14.0 Å². The second kappa shape index (κ2) is 5.07. The third kappa shape index (κ3) is 2.55. The van der Waals surface area contributed by atoms with Gasteiger partial charge in [0.05, 0.1) is 6.33 Å². The Balaban J connectivity index is 2.50. The Labute approximate surface area is 110 Å². The van der Waals surface area contributed by atoms with Crippen molar-refractivity contribution >= 4 is 17.6 Å². The summed E-state index contributed by atoms with van der Waals surface area (Å²) in [5.74, 6) is -3.08. The molecule has 0 bridgehead atoms. The van der Waals surface area contributed by atoms with Gasteiger partial charge in [-0.1, -0.05) is 17.7 Å². The first-order chi connectivity index (χ1) is 9.00. The quantitative estimate of drug-likeness (QED) is 0.900. The van der Waals surface area contributed by atoms with E-state index in [1.165, 1.54) is 12.1 Å². The monoisotopic (exact) mass is 284 g/mol. The molecular weight excluding hydrogens is 279 g/mol. The van der Waals surface area contributed by atoms with Crippen LogP contribution in [0.4, 0.5) is 4.39 Å². The number of hydrogen-bond acceptors (Lipinski definition) is 4.